The molecule has 5 aromatic rings. The van der Waals surface area contributed by atoms with E-state index < -0.39 is 6.03 Å². The zero-order chi connectivity index (χ0) is 30.5. The number of amides is 2. The molecule has 0 fully saturated rings. The number of nitrogens with one attached hydrogen (secondary N) is 3. The number of nitrogens with zero attached hydrogens (tertiary/aromatic N) is 4. The summed E-state index contributed by atoms with van der Waals surface area (Å²) in [6, 6.07) is 13.3. The molecule has 0 saturated heterocycles. The summed E-state index contributed by atoms with van der Waals surface area (Å²) in [5, 5.41) is 14.3. The van der Waals surface area contributed by atoms with Gasteiger partial charge in [-0.15, -0.1) is 0 Å². The maximum atomic E-state index is 12.8. The predicted octanol–water partition coefficient (Wildman–Crippen LogP) is 5.90. The van der Waals surface area contributed by atoms with Crippen molar-refractivity contribution in [3.63, 3.8) is 0 Å². The van der Waals surface area contributed by atoms with E-state index in [9.17, 15) is 4.79 Å². The van der Waals surface area contributed by atoms with E-state index in [4.69, 9.17) is 35.3 Å². The highest BCUT2D eigenvalue weighted by molar-refractivity contribution is 6.32. The number of halogens is 1. The number of carbonyl (C=O) groups is 1. The molecule has 222 valence electrons. The summed E-state index contributed by atoms with van der Waals surface area (Å²) >= 11 is 6.22. The van der Waals surface area contributed by atoms with Crippen molar-refractivity contribution >= 4 is 51.5 Å². The van der Waals surface area contributed by atoms with Crippen LogP contribution in [0.4, 0.5) is 27.8 Å². The molecule has 0 aliphatic heterocycles. The summed E-state index contributed by atoms with van der Waals surface area (Å²) in [6.07, 6.45) is 3.30. The van der Waals surface area contributed by atoms with Crippen LogP contribution in [0.2, 0.25) is 5.02 Å². The first-order chi connectivity index (χ1) is 20.9. The Morgan fingerprint density at radius 3 is 2.19 bits per heavy atom. The van der Waals surface area contributed by atoms with Crippen LogP contribution >= 0.6 is 11.6 Å². The third-order valence-electron chi connectivity index (χ3n) is 6.33. The Morgan fingerprint density at radius 1 is 0.791 bits per heavy atom. The van der Waals surface area contributed by atoms with Crippen molar-refractivity contribution in [3.05, 3.63) is 65.9 Å². The number of aromatic nitrogens is 4. The van der Waals surface area contributed by atoms with E-state index in [-0.39, 0.29) is 0 Å². The van der Waals surface area contributed by atoms with Gasteiger partial charge in [0.2, 0.25) is 11.7 Å². The van der Waals surface area contributed by atoms with Crippen molar-refractivity contribution in [3.8, 4) is 34.6 Å². The first-order valence-corrected chi connectivity index (χ1v) is 13.1. The smallest absolute Gasteiger partial charge is 0.323 e. The van der Waals surface area contributed by atoms with Gasteiger partial charge >= 0.3 is 6.03 Å². The molecule has 2 aromatic heterocycles. The molecule has 2 heterocycles. The van der Waals surface area contributed by atoms with E-state index in [0.717, 1.165) is 10.9 Å². The Hall–Kier alpha value is -5.43. The minimum absolute atomic E-state index is 0.332. The van der Waals surface area contributed by atoms with E-state index in [1.807, 2.05) is 6.07 Å². The quantitative estimate of drug-likeness (QED) is 0.176. The zero-order valence-corrected chi connectivity index (χ0v) is 24.6. The second-order valence-corrected chi connectivity index (χ2v) is 9.28. The van der Waals surface area contributed by atoms with Crippen molar-refractivity contribution < 1.29 is 28.5 Å². The maximum absolute atomic E-state index is 12.8. The highest BCUT2D eigenvalue weighted by atomic mass is 35.5. The maximum Gasteiger partial charge on any atom is 0.323 e. The zero-order valence-electron chi connectivity index (χ0n) is 23.9. The van der Waals surface area contributed by atoms with Crippen molar-refractivity contribution in [2.75, 3.05) is 51.5 Å². The summed E-state index contributed by atoms with van der Waals surface area (Å²) in [6.45, 7) is 0. The van der Waals surface area contributed by atoms with Crippen LogP contribution in [-0.4, -0.2) is 61.3 Å². The van der Waals surface area contributed by atoms with Crippen LogP contribution in [0.3, 0.4) is 0 Å². The van der Waals surface area contributed by atoms with Gasteiger partial charge in [0.15, 0.2) is 17.3 Å². The normalized spacial score (nSPS) is 10.7. The molecular weight excluding hydrogens is 578 g/mol. The van der Waals surface area contributed by atoms with Crippen LogP contribution in [0.1, 0.15) is 0 Å². The van der Waals surface area contributed by atoms with E-state index in [1.165, 1.54) is 14.2 Å². The van der Waals surface area contributed by atoms with Gasteiger partial charge in [0.1, 0.15) is 11.5 Å². The molecule has 0 atom stereocenters. The van der Waals surface area contributed by atoms with Gasteiger partial charge in [-0.3, -0.25) is 0 Å². The third kappa shape index (κ3) is 6.11. The Morgan fingerprint density at radius 2 is 1.51 bits per heavy atom. The molecule has 0 aliphatic rings. The number of ether oxygens (including phenoxy) is 5. The second kappa shape index (κ2) is 12.6. The fourth-order valence-corrected chi connectivity index (χ4v) is 4.59. The number of anilines is 4. The molecule has 0 spiro atoms. The average Bonchev–Trinajstić information content (AvgIpc) is 3.44. The summed E-state index contributed by atoms with van der Waals surface area (Å²) in [7, 11) is 7.61. The molecule has 0 aliphatic carbocycles. The molecule has 5 rings (SSSR count). The molecule has 14 heteroatoms. The van der Waals surface area contributed by atoms with E-state index >= 15 is 0 Å². The molecule has 3 aromatic carbocycles. The predicted molar refractivity (Wildman–Crippen MR) is 163 cm³/mol. The first kappa shape index (κ1) is 29.1. The second-order valence-electron chi connectivity index (χ2n) is 8.87. The summed E-state index contributed by atoms with van der Waals surface area (Å²) < 4.78 is 28.5. The molecular formula is C29H28ClN7O6. The summed E-state index contributed by atoms with van der Waals surface area (Å²) in [5.74, 6) is 3.15. The van der Waals surface area contributed by atoms with Crippen LogP contribution in [0.25, 0.3) is 16.7 Å². The van der Waals surface area contributed by atoms with Crippen LogP contribution < -0.4 is 39.6 Å². The number of fused-ring (bicyclic) bond motifs is 1. The summed E-state index contributed by atoms with van der Waals surface area (Å²) in [5.41, 5.74) is 2.35. The number of hydrogen-bond donors (Lipinski definition) is 3. The molecule has 43 heavy (non-hydrogen) atoms. The van der Waals surface area contributed by atoms with Gasteiger partial charge in [-0.2, -0.15) is 10.1 Å². The van der Waals surface area contributed by atoms with Gasteiger partial charge in [-0.05, 0) is 24.3 Å². The molecule has 0 unspecified atom stereocenters. The highest BCUT2D eigenvalue weighted by Gasteiger charge is 2.16. The van der Waals surface area contributed by atoms with Crippen molar-refractivity contribution in [2.45, 2.75) is 0 Å². The number of carbonyl (C=O) groups excluding carboxylic acids is 1. The third-order valence-corrected chi connectivity index (χ3v) is 6.62. The van der Waals surface area contributed by atoms with Crippen molar-refractivity contribution in [1.29, 1.82) is 0 Å². The number of urea groups is 1. The Labute approximate surface area is 251 Å². The number of rotatable bonds is 10. The van der Waals surface area contributed by atoms with Gasteiger partial charge in [-0.25, -0.2) is 14.5 Å². The molecule has 3 N–H and O–H groups in total. The SMILES string of the molecule is COc1cc(OC)c(NC(=O)Nc2ccc3c(cnn3-c3ccnc(Nc4cc(OC)c(OC)c(OC)c4)n3)c2)cc1Cl. The average molecular weight is 606 g/mol. The topological polar surface area (TPSA) is 143 Å². The van der Waals surface area contributed by atoms with Crippen molar-refractivity contribution in [2.24, 2.45) is 0 Å². The van der Waals surface area contributed by atoms with Gasteiger partial charge in [0.05, 0.1) is 58.0 Å². The van der Waals surface area contributed by atoms with Gasteiger partial charge < -0.3 is 39.6 Å². The van der Waals surface area contributed by atoms with Gasteiger partial charge in [0.25, 0.3) is 0 Å². The van der Waals surface area contributed by atoms with E-state index in [0.29, 0.717) is 62.6 Å². The van der Waals surface area contributed by atoms with Crippen LogP contribution in [0.5, 0.6) is 28.7 Å². The Bertz CT molecular complexity index is 1770. The largest absolute Gasteiger partial charge is 0.495 e. The fourth-order valence-electron chi connectivity index (χ4n) is 4.35. The molecule has 0 radical (unpaired) electrons. The van der Waals surface area contributed by atoms with Crippen LogP contribution in [0.15, 0.2) is 60.9 Å². The molecule has 2 amide bonds. The molecule has 0 saturated carbocycles. The van der Waals surface area contributed by atoms with Crippen LogP contribution in [-0.2, 0) is 0 Å². The van der Waals surface area contributed by atoms with Crippen LogP contribution in [0, 0.1) is 0 Å². The monoisotopic (exact) mass is 605 g/mol. The lowest BCUT2D eigenvalue weighted by Crippen LogP contribution is -2.19. The standard InChI is InChI=1S/C29H28ClN7O6/c1-39-22-14-23(40-2)20(13-19(22)30)35-29(38)34-17-6-7-21-16(10-17)15-32-37(21)26-8-9-31-28(36-26)33-18-11-24(41-3)27(43-5)25(12-18)42-4/h6-15H,1-5H3,(H,31,33,36)(H2,34,35,38). The Balaban J connectivity index is 1.34. The fraction of sp³-hybridized carbons (Fsp3) is 0.172. The lowest BCUT2D eigenvalue weighted by Gasteiger charge is -2.14. The molecule has 13 nitrogen and oxygen atoms in total. The van der Waals surface area contributed by atoms with E-state index in [1.54, 1.807) is 80.9 Å². The van der Waals surface area contributed by atoms with Gasteiger partial charge in [-0.1, -0.05) is 11.6 Å². The van der Waals surface area contributed by atoms with E-state index in [2.05, 4.69) is 31.0 Å². The number of methoxy groups -OCH3 is 5. The number of benzene rings is 3. The van der Waals surface area contributed by atoms with Gasteiger partial charge in [0, 0.05) is 47.2 Å². The minimum Gasteiger partial charge on any atom is -0.495 e. The lowest BCUT2D eigenvalue weighted by atomic mass is 10.2. The minimum atomic E-state index is -0.482. The highest BCUT2D eigenvalue weighted by Crippen LogP contribution is 2.40. The lowest BCUT2D eigenvalue weighted by molar-refractivity contribution is 0.262. The number of hydrogen-bond acceptors (Lipinski definition) is 10. The molecule has 0 bridgehead atoms. The summed E-state index contributed by atoms with van der Waals surface area (Å²) in [4.78, 5) is 21.7. The first-order valence-electron chi connectivity index (χ1n) is 12.7. The Kier molecular flexibility index (Phi) is 8.53. The van der Waals surface area contributed by atoms with Crippen molar-refractivity contribution in [1.82, 2.24) is 19.7 Å².